The van der Waals surface area contributed by atoms with Gasteiger partial charge in [0.25, 0.3) is 0 Å². The highest BCUT2D eigenvalue weighted by Crippen LogP contribution is 2.36. The van der Waals surface area contributed by atoms with Crippen LogP contribution in [0.4, 0.5) is 0 Å². The maximum atomic E-state index is 12.4. The highest BCUT2D eigenvalue weighted by atomic mass is 35.5. The predicted octanol–water partition coefficient (Wildman–Crippen LogP) is 4.27. The number of fused-ring (bicyclic) bond motifs is 1. The number of Topliss-reactive ketones (excluding diaryl/α,β-unsaturated/α-hetero) is 1. The summed E-state index contributed by atoms with van der Waals surface area (Å²) in [6, 6.07) is 12.0. The Morgan fingerprint density at radius 3 is 2.79 bits per heavy atom. The van der Waals surface area contributed by atoms with Gasteiger partial charge in [-0.05, 0) is 48.7 Å². The minimum atomic E-state index is -0.228. The fourth-order valence-corrected chi connectivity index (χ4v) is 2.70. The van der Waals surface area contributed by atoms with Gasteiger partial charge < -0.3 is 9.47 Å². The lowest BCUT2D eigenvalue weighted by atomic mass is 10.1. The molecule has 0 N–H and O–H groups in total. The van der Waals surface area contributed by atoms with E-state index in [1.165, 1.54) is 0 Å². The lowest BCUT2D eigenvalue weighted by Gasteiger charge is -2.04. The summed E-state index contributed by atoms with van der Waals surface area (Å²) in [5.74, 6) is 0.591. The average molecular weight is 341 g/mol. The zero-order chi connectivity index (χ0) is 16.7. The van der Waals surface area contributed by atoms with Crippen molar-refractivity contribution in [2.45, 2.75) is 12.8 Å². The maximum absolute atomic E-state index is 12.4. The zero-order valence-electron chi connectivity index (χ0n) is 12.6. The zero-order valence-corrected chi connectivity index (χ0v) is 13.4. The van der Waals surface area contributed by atoms with Gasteiger partial charge in [0.1, 0.15) is 11.5 Å². The molecule has 120 valence electrons. The molecular formula is C19H13ClO4. The molecule has 0 radical (unpaired) electrons. The molecule has 2 aromatic carbocycles. The number of hydrogen-bond donors (Lipinski definition) is 0. The molecule has 4 nitrogen and oxygen atoms in total. The van der Waals surface area contributed by atoms with Crippen molar-refractivity contribution in [1.82, 2.24) is 0 Å². The van der Waals surface area contributed by atoms with Crippen LogP contribution in [0.3, 0.4) is 0 Å². The van der Waals surface area contributed by atoms with Crippen LogP contribution in [-0.4, -0.2) is 11.8 Å². The van der Waals surface area contributed by atoms with Crippen molar-refractivity contribution in [3.05, 3.63) is 64.4 Å². The van der Waals surface area contributed by atoms with Gasteiger partial charge in [-0.2, -0.15) is 0 Å². The first kappa shape index (κ1) is 15.0. The molecule has 0 unspecified atom stereocenters. The third-order valence-electron chi connectivity index (χ3n) is 3.92. The van der Waals surface area contributed by atoms with Crippen LogP contribution in [-0.2, 0) is 4.79 Å². The molecule has 1 heterocycles. The second-order valence-electron chi connectivity index (χ2n) is 5.85. The number of ether oxygens (including phenoxy) is 2. The molecule has 1 fully saturated rings. The van der Waals surface area contributed by atoms with Crippen LogP contribution >= 0.6 is 11.6 Å². The van der Waals surface area contributed by atoms with Crippen molar-refractivity contribution in [3.63, 3.8) is 0 Å². The number of benzene rings is 2. The molecule has 0 spiro atoms. The summed E-state index contributed by atoms with van der Waals surface area (Å²) < 4.78 is 10.9. The number of allylic oxidation sites excluding steroid dienone is 1. The quantitative estimate of drug-likeness (QED) is 0.475. The van der Waals surface area contributed by atoms with E-state index in [9.17, 15) is 9.59 Å². The van der Waals surface area contributed by atoms with E-state index in [-0.39, 0.29) is 23.4 Å². The molecule has 2 aliphatic rings. The van der Waals surface area contributed by atoms with Gasteiger partial charge in [-0.25, -0.2) is 0 Å². The number of esters is 1. The normalized spacial score (nSPS) is 17.5. The molecule has 2 aromatic rings. The molecule has 0 saturated heterocycles. The van der Waals surface area contributed by atoms with Crippen LogP contribution in [0.2, 0.25) is 5.02 Å². The summed E-state index contributed by atoms with van der Waals surface area (Å²) in [7, 11) is 0. The van der Waals surface area contributed by atoms with Gasteiger partial charge in [0, 0.05) is 11.1 Å². The van der Waals surface area contributed by atoms with Crippen molar-refractivity contribution in [1.29, 1.82) is 0 Å². The van der Waals surface area contributed by atoms with Gasteiger partial charge in [0.05, 0.1) is 11.5 Å². The number of ketones is 1. The second-order valence-corrected chi connectivity index (χ2v) is 6.28. The lowest BCUT2D eigenvalue weighted by Crippen LogP contribution is -2.09. The van der Waals surface area contributed by atoms with Crippen molar-refractivity contribution < 1.29 is 19.1 Å². The molecule has 1 saturated carbocycles. The van der Waals surface area contributed by atoms with Crippen LogP contribution in [0.25, 0.3) is 6.08 Å². The first-order chi connectivity index (χ1) is 11.6. The van der Waals surface area contributed by atoms with E-state index in [0.29, 0.717) is 22.1 Å². The summed E-state index contributed by atoms with van der Waals surface area (Å²) >= 11 is 5.95. The summed E-state index contributed by atoms with van der Waals surface area (Å²) in [6.45, 7) is 0. The van der Waals surface area contributed by atoms with Crippen LogP contribution < -0.4 is 9.47 Å². The molecule has 0 atom stereocenters. The van der Waals surface area contributed by atoms with Gasteiger partial charge in [0.15, 0.2) is 5.76 Å². The minimum absolute atomic E-state index is 0.0130. The smallest absolute Gasteiger partial charge is 0.314 e. The molecule has 0 aromatic heterocycles. The largest absolute Gasteiger partial charge is 0.452 e. The van der Waals surface area contributed by atoms with Crippen LogP contribution in [0.1, 0.15) is 28.8 Å². The fourth-order valence-electron chi connectivity index (χ4n) is 2.50. The standard InChI is InChI=1S/C19H13ClO4/c20-13-3-1-2-11(8-13)9-17-18(21)15-7-6-14(10-16(15)24-17)23-19(22)12-4-5-12/h1-3,6-10,12H,4-5H2/b17-9+. The molecule has 24 heavy (non-hydrogen) atoms. The third kappa shape index (κ3) is 2.93. The Morgan fingerprint density at radius 1 is 1.21 bits per heavy atom. The summed E-state index contributed by atoms with van der Waals surface area (Å²) in [4.78, 5) is 24.1. The number of rotatable bonds is 3. The molecule has 5 heteroatoms. The minimum Gasteiger partial charge on any atom is -0.452 e. The number of hydrogen-bond acceptors (Lipinski definition) is 4. The molecular weight excluding hydrogens is 328 g/mol. The Balaban J connectivity index is 1.58. The fraction of sp³-hybridized carbons (Fsp3) is 0.158. The second kappa shape index (κ2) is 5.80. The monoisotopic (exact) mass is 340 g/mol. The lowest BCUT2D eigenvalue weighted by molar-refractivity contribution is -0.135. The predicted molar refractivity (Wildman–Crippen MR) is 89.2 cm³/mol. The molecule has 1 aliphatic carbocycles. The maximum Gasteiger partial charge on any atom is 0.314 e. The van der Waals surface area contributed by atoms with Crippen molar-refractivity contribution in [2.24, 2.45) is 5.92 Å². The topological polar surface area (TPSA) is 52.6 Å². The van der Waals surface area contributed by atoms with E-state index >= 15 is 0 Å². The highest BCUT2D eigenvalue weighted by Gasteiger charge is 2.32. The van der Waals surface area contributed by atoms with Gasteiger partial charge in [-0.3, -0.25) is 9.59 Å². The van der Waals surface area contributed by atoms with E-state index in [4.69, 9.17) is 21.1 Å². The highest BCUT2D eigenvalue weighted by molar-refractivity contribution is 6.30. The van der Waals surface area contributed by atoms with E-state index < -0.39 is 0 Å². The van der Waals surface area contributed by atoms with Crippen LogP contribution in [0.15, 0.2) is 48.2 Å². The summed E-state index contributed by atoms with van der Waals surface area (Å²) in [5, 5.41) is 0.585. The van der Waals surface area contributed by atoms with E-state index in [1.807, 2.05) is 6.07 Å². The number of carbonyl (C=O) groups excluding carboxylic acids is 2. The number of carbonyl (C=O) groups is 2. The van der Waals surface area contributed by atoms with Crippen LogP contribution in [0.5, 0.6) is 11.5 Å². The molecule has 1 aliphatic heterocycles. The Morgan fingerprint density at radius 2 is 2.04 bits per heavy atom. The Bertz CT molecular complexity index is 881. The molecule has 0 amide bonds. The molecule has 4 rings (SSSR count). The Hall–Kier alpha value is -2.59. The molecule has 0 bridgehead atoms. The van der Waals surface area contributed by atoms with Crippen molar-refractivity contribution >= 4 is 29.4 Å². The Kier molecular flexibility index (Phi) is 3.62. The van der Waals surface area contributed by atoms with Gasteiger partial charge >= 0.3 is 5.97 Å². The van der Waals surface area contributed by atoms with E-state index in [2.05, 4.69) is 0 Å². The first-order valence-electron chi connectivity index (χ1n) is 7.66. The first-order valence-corrected chi connectivity index (χ1v) is 8.03. The van der Waals surface area contributed by atoms with E-state index in [0.717, 1.165) is 18.4 Å². The van der Waals surface area contributed by atoms with Crippen LogP contribution in [0, 0.1) is 5.92 Å². The SMILES string of the molecule is O=C1/C(=C\c2cccc(Cl)c2)Oc2cc(OC(=O)C3CC3)ccc21. The van der Waals surface area contributed by atoms with Gasteiger partial charge in [-0.1, -0.05) is 23.7 Å². The van der Waals surface area contributed by atoms with Gasteiger partial charge in [-0.15, -0.1) is 0 Å². The number of halogens is 1. The average Bonchev–Trinajstić information content (AvgIpc) is 3.35. The van der Waals surface area contributed by atoms with Crippen molar-refractivity contribution in [2.75, 3.05) is 0 Å². The Labute approximate surface area is 143 Å². The van der Waals surface area contributed by atoms with Crippen molar-refractivity contribution in [3.8, 4) is 11.5 Å². The van der Waals surface area contributed by atoms with E-state index in [1.54, 1.807) is 42.5 Å². The third-order valence-corrected chi connectivity index (χ3v) is 4.15. The van der Waals surface area contributed by atoms with Gasteiger partial charge in [0.2, 0.25) is 5.78 Å². The summed E-state index contributed by atoms with van der Waals surface area (Å²) in [6.07, 6.45) is 3.40. The summed E-state index contributed by atoms with van der Waals surface area (Å²) in [5.41, 5.74) is 1.23.